The molecule has 0 saturated carbocycles. The van der Waals surface area contributed by atoms with E-state index < -0.39 is 115 Å². The Morgan fingerprint density at radius 2 is 1.02 bits per heavy atom. The number of aliphatic carboxylic acids is 2. The van der Waals surface area contributed by atoms with Crippen molar-refractivity contribution in [1.82, 2.24) is 31.9 Å². The van der Waals surface area contributed by atoms with E-state index in [4.69, 9.17) is 15.9 Å². The average molecular weight is 832 g/mol. The van der Waals surface area contributed by atoms with Gasteiger partial charge < -0.3 is 68.3 Å². The molecule has 0 bridgehead atoms. The van der Waals surface area contributed by atoms with Crippen LogP contribution in [0.25, 0.3) is 0 Å². The lowest BCUT2D eigenvalue weighted by Crippen LogP contribution is -2.62. The molecule has 0 saturated heterocycles. The molecule has 8 atom stereocenters. The second-order valence-electron chi connectivity index (χ2n) is 14.1. The minimum Gasteiger partial charge on any atom is -0.508 e. The van der Waals surface area contributed by atoms with E-state index >= 15 is 0 Å². The van der Waals surface area contributed by atoms with Crippen molar-refractivity contribution in [2.75, 3.05) is 13.2 Å². The van der Waals surface area contributed by atoms with E-state index in [0.717, 1.165) is 0 Å². The number of phenols is 1. The van der Waals surface area contributed by atoms with Gasteiger partial charge in [-0.1, -0.05) is 56.3 Å². The minimum atomic E-state index is -1.74. The van der Waals surface area contributed by atoms with E-state index in [2.05, 4.69) is 26.6 Å². The highest BCUT2D eigenvalue weighted by atomic mass is 16.4. The summed E-state index contributed by atoms with van der Waals surface area (Å²) in [6.45, 7) is 2.64. The van der Waals surface area contributed by atoms with E-state index in [9.17, 15) is 58.8 Å². The van der Waals surface area contributed by atoms with Gasteiger partial charge in [0.15, 0.2) is 0 Å². The zero-order valence-corrected chi connectivity index (χ0v) is 32.7. The number of aliphatic hydroxyl groups excluding tert-OH is 3. The van der Waals surface area contributed by atoms with Crippen molar-refractivity contribution in [2.45, 2.75) is 94.9 Å². The van der Waals surface area contributed by atoms with Crippen LogP contribution in [0.5, 0.6) is 5.75 Å². The number of carbonyl (C=O) groups is 8. The molecule has 21 nitrogen and oxygen atoms in total. The Morgan fingerprint density at radius 1 is 0.576 bits per heavy atom. The lowest BCUT2D eigenvalue weighted by Gasteiger charge is -2.28. The van der Waals surface area contributed by atoms with Crippen LogP contribution in [0, 0.1) is 5.92 Å². The van der Waals surface area contributed by atoms with Gasteiger partial charge in [-0.15, -0.1) is 0 Å². The van der Waals surface area contributed by atoms with Crippen LogP contribution in [-0.2, 0) is 51.2 Å². The van der Waals surface area contributed by atoms with Crippen molar-refractivity contribution < 1.29 is 69.0 Å². The second kappa shape index (κ2) is 23.9. The lowest BCUT2D eigenvalue weighted by molar-refractivity contribution is -0.143. The van der Waals surface area contributed by atoms with Crippen LogP contribution < -0.4 is 37.6 Å². The molecular weight excluding hydrogens is 778 g/mol. The van der Waals surface area contributed by atoms with Gasteiger partial charge in [-0.2, -0.15) is 0 Å². The fourth-order valence-corrected chi connectivity index (χ4v) is 5.52. The number of hydrogen-bond acceptors (Lipinski definition) is 13. The molecule has 21 heteroatoms. The molecule has 0 aromatic heterocycles. The van der Waals surface area contributed by atoms with Crippen LogP contribution in [0.2, 0.25) is 0 Å². The fourth-order valence-electron chi connectivity index (χ4n) is 5.52. The molecule has 6 amide bonds. The molecule has 59 heavy (non-hydrogen) atoms. The van der Waals surface area contributed by atoms with Gasteiger partial charge in [0.05, 0.1) is 31.8 Å². The minimum absolute atomic E-state index is 0.0269. The Balaban J connectivity index is 2.46. The predicted molar refractivity (Wildman–Crippen MR) is 207 cm³/mol. The summed E-state index contributed by atoms with van der Waals surface area (Å²) < 4.78 is 0. The van der Waals surface area contributed by atoms with Crippen LogP contribution in [0.15, 0.2) is 54.6 Å². The first-order valence-corrected chi connectivity index (χ1v) is 18.5. The largest absolute Gasteiger partial charge is 0.508 e. The molecule has 0 unspecified atom stereocenters. The smallest absolute Gasteiger partial charge is 0.328 e. The molecule has 0 heterocycles. The average Bonchev–Trinajstić information content (AvgIpc) is 3.17. The van der Waals surface area contributed by atoms with Crippen LogP contribution in [0.1, 0.15) is 44.7 Å². The van der Waals surface area contributed by atoms with Gasteiger partial charge in [-0.05, 0) is 42.5 Å². The zero-order valence-electron chi connectivity index (χ0n) is 32.7. The first-order chi connectivity index (χ1) is 27.7. The fraction of sp³-hybridized carbons (Fsp3) is 0.474. The number of amides is 6. The summed E-state index contributed by atoms with van der Waals surface area (Å²) in [4.78, 5) is 103. The first kappa shape index (κ1) is 49.0. The van der Waals surface area contributed by atoms with E-state index in [-0.39, 0.29) is 30.9 Å². The van der Waals surface area contributed by atoms with E-state index in [1.165, 1.54) is 31.2 Å². The summed E-state index contributed by atoms with van der Waals surface area (Å²) in [5.74, 6) is -9.40. The van der Waals surface area contributed by atoms with Crippen LogP contribution >= 0.6 is 0 Å². The van der Waals surface area contributed by atoms with Gasteiger partial charge in [0.25, 0.3) is 0 Å². The SMILES string of the molecule is CC(C)C[C@H](NC(=O)[C@H](Cc1ccc(O)cc1)NC(=O)[C@H](Cc1ccccc1)NC(=O)[C@@H](NC(=O)[C@@H](N)CC(=O)O)[C@@H](C)O)C(=O)N[C@@H](CO)C(=O)N[C@@H](CO)C(=O)O. The Hall–Kier alpha value is -6.16. The van der Waals surface area contributed by atoms with Gasteiger partial charge in [-0.3, -0.25) is 33.6 Å². The Labute approximate surface area is 339 Å². The molecule has 324 valence electrons. The molecule has 0 radical (unpaired) electrons. The van der Waals surface area contributed by atoms with Gasteiger partial charge in [0.2, 0.25) is 35.4 Å². The summed E-state index contributed by atoms with van der Waals surface area (Å²) in [7, 11) is 0. The molecule has 0 aliphatic heterocycles. The first-order valence-electron chi connectivity index (χ1n) is 18.5. The number of aliphatic hydroxyl groups is 3. The van der Waals surface area contributed by atoms with E-state index in [0.29, 0.717) is 11.1 Å². The zero-order chi connectivity index (χ0) is 44.4. The highest BCUT2D eigenvalue weighted by Gasteiger charge is 2.35. The van der Waals surface area contributed by atoms with Crippen LogP contribution in [-0.4, -0.2) is 140 Å². The van der Waals surface area contributed by atoms with Crippen molar-refractivity contribution >= 4 is 47.4 Å². The third-order valence-corrected chi connectivity index (χ3v) is 8.67. The maximum Gasteiger partial charge on any atom is 0.328 e. The number of aromatic hydroxyl groups is 1. The summed E-state index contributed by atoms with van der Waals surface area (Å²) in [5.41, 5.74) is 6.60. The molecule has 2 aromatic rings. The lowest BCUT2D eigenvalue weighted by atomic mass is 9.99. The maximum absolute atomic E-state index is 14.1. The van der Waals surface area contributed by atoms with E-state index in [1.807, 2.05) is 5.32 Å². The van der Waals surface area contributed by atoms with Crippen molar-refractivity contribution in [3.8, 4) is 5.75 Å². The second-order valence-corrected chi connectivity index (χ2v) is 14.1. The molecular formula is C38H53N7O14. The molecule has 0 spiro atoms. The van der Waals surface area contributed by atoms with Crippen molar-refractivity contribution in [3.63, 3.8) is 0 Å². The number of nitrogens with one attached hydrogen (secondary N) is 6. The van der Waals surface area contributed by atoms with Crippen molar-refractivity contribution in [3.05, 3.63) is 65.7 Å². The van der Waals surface area contributed by atoms with Crippen molar-refractivity contribution in [2.24, 2.45) is 11.7 Å². The number of hydrogen-bond donors (Lipinski definition) is 13. The number of nitrogens with two attached hydrogens (primary N) is 1. The maximum atomic E-state index is 14.1. The topological polar surface area (TPSA) is 356 Å². The molecule has 0 aliphatic rings. The van der Waals surface area contributed by atoms with Crippen LogP contribution in [0.4, 0.5) is 0 Å². The summed E-state index contributed by atoms with van der Waals surface area (Å²) in [6.07, 6.45) is -2.77. The monoisotopic (exact) mass is 831 g/mol. The molecule has 2 aromatic carbocycles. The van der Waals surface area contributed by atoms with Crippen molar-refractivity contribution in [1.29, 1.82) is 0 Å². The number of carboxylic acid groups (broad SMARTS) is 2. The molecule has 2 rings (SSSR count). The van der Waals surface area contributed by atoms with E-state index in [1.54, 1.807) is 44.2 Å². The quantitative estimate of drug-likeness (QED) is 0.0486. The third kappa shape index (κ3) is 16.7. The van der Waals surface area contributed by atoms with Crippen LogP contribution in [0.3, 0.4) is 0 Å². The molecule has 0 fully saturated rings. The Kier molecular flexibility index (Phi) is 19.9. The standard InChI is InChI=1S/C38H53N7O14/c1-19(2)13-25(33(53)43-28(17-46)36(56)44-29(18-47)38(58)59)40-34(54)26(15-22-9-11-23(49)12-10-22)41-35(55)27(14-21-7-5-4-6-8-21)42-37(57)31(20(3)48)45-32(52)24(39)16-30(50)51/h4-12,19-20,24-29,31,46-49H,13-18,39H2,1-3H3,(H,40,54)(H,41,55)(H,42,57)(H,43,53)(H,44,56)(H,45,52)(H,50,51)(H,58,59)/t20-,24+,25+,26+,27+,28+,29+,31+/m1/s1. The van der Waals surface area contributed by atoms with Gasteiger partial charge in [-0.25, -0.2) is 4.79 Å². The normalized spacial score (nSPS) is 15.1. The Morgan fingerprint density at radius 3 is 1.49 bits per heavy atom. The number of phenolic OH excluding ortho intramolecular Hbond substituents is 1. The molecule has 14 N–H and O–H groups in total. The number of rotatable bonds is 24. The van der Waals surface area contributed by atoms with Gasteiger partial charge in [0.1, 0.15) is 42.0 Å². The summed E-state index contributed by atoms with van der Waals surface area (Å²) in [6, 6.07) is 2.86. The number of carbonyl (C=O) groups excluding carboxylic acids is 6. The van der Waals surface area contributed by atoms with Gasteiger partial charge >= 0.3 is 11.9 Å². The highest BCUT2D eigenvalue weighted by Crippen LogP contribution is 2.14. The summed E-state index contributed by atoms with van der Waals surface area (Å²) in [5, 5.41) is 71.6. The summed E-state index contributed by atoms with van der Waals surface area (Å²) >= 11 is 0. The number of carboxylic acids is 2. The highest BCUT2D eigenvalue weighted by molar-refractivity contribution is 5.97. The Bertz CT molecular complexity index is 1760. The third-order valence-electron chi connectivity index (χ3n) is 8.67. The predicted octanol–water partition coefficient (Wildman–Crippen LogP) is -3.62. The van der Waals surface area contributed by atoms with Gasteiger partial charge in [0, 0.05) is 12.8 Å². The number of benzene rings is 2. The molecule has 0 aliphatic carbocycles.